The van der Waals surface area contributed by atoms with Crippen molar-refractivity contribution in [2.45, 2.75) is 11.8 Å². The highest BCUT2D eigenvalue weighted by Gasteiger charge is 2.15. The minimum atomic E-state index is -0.269. The first-order valence-corrected chi connectivity index (χ1v) is 11.2. The number of aryl methyl sites for hydroxylation is 2. The van der Waals surface area contributed by atoms with Crippen LogP contribution in [0.4, 0.5) is 11.4 Å². The third kappa shape index (κ3) is 5.15. The SMILES string of the molecule is COc1cccc(NC(=O)CSc2ccccc2C(=O)Nc2cnc3c(c2)c(C)nn3C)c1. The van der Waals surface area contributed by atoms with Crippen molar-refractivity contribution in [3.63, 3.8) is 0 Å². The Morgan fingerprint density at radius 1 is 1.06 bits per heavy atom. The smallest absolute Gasteiger partial charge is 0.256 e. The van der Waals surface area contributed by atoms with Gasteiger partial charge in [-0.1, -0.05) is 18.2 Å². The average molecular weight is 462 g/mol. The molecule has 0 unspecified atom stereocenters. The third-order valence-corrected chi connectivity index (χ3v) is 6.04. The minimum Gasteiger partial charge on any atom is -0.497 e. The van der Waals surface area contributed by atoms with Gasteiger partial charge in [-0.2, -0.15) is 5.10 Å². The first-order valence-electron chi connectivity index (χ1n) is 10.2. The molecular formula is C24H23N5O3S. The van der Waals surface area contributed by atoms with Gasteiger partial charge in [0.05, 0.1) is 36.0 Å². The topological polar surface area (TPSA) is 98.1 Å². The maximum Gasteiger partial charge on any atom is 0.256 e. The van der Waals surface area contributed by atoms with Crippen molar-refractivity contribution in [1.29, 1.82) is 0 Å². The van der Waals surface area contributed by atoms with E-state index in [0.717, 1.165) is 16.7 Å². The van der Waals surface area contributed by atoms with Crippen LogP contribution in [0.25, 0.3) is 11.0 Å². The fourth-order valence-electron chi connectivity index (χ4n) is 3.40. The summed E-state index contributed by atoms with van der Waals surface area (Å²) in [6, 6.07) is 16.2. The number of aromatic nitrogens is 3. The maximum atomic E-state index is 13.0. The van der Waals surface area contributed by atoms with Crippen LogP contribution in [0.15, 0.2) is 65.7 Å². The van der Waals surface area contributed by atoms with E-state index in [1.54, 1.807) is 48.3 Å². The number of hydrogen-bond donors (Lipinski definition) is 2. The summed E-state index contributed by atoms with van der Waals surface area (Å²) in [6.45, 7) is 1.90. The van der Waals surface area contributed by atoms with Crippen molar-refractivity contribution < 1.29 is 14.3 Å². The van der Waals surface area contributed by atoms with Gasteiger partial charge in [-0.25, -0.2) is 4.98 Å². The van der Waals surface area contributed by atoms with Crippen molar-refractivity contribution >= 4 is 46.0 Å². The molecule has 0 aliphatic heterocycles. The van der Waals surface area contributed by atoms with Gasteiger partial charge in [0.1, 0.15) is 5.75 Å². The molecule has 0 spiro atoms. The number of carbonyl (C=O) groups excluding carboxylic acids is 2. The molecule has 2 heterocycles. The summed E-state index contributed by atoms with van der Waals surface area (Å²) in [4.78, 5) is 30.5. The lowest BCUT2D eigenvalue weighted by atomic mass is 10.2. The minimum absolute atomic E-state index is 0.157. The van der Waals surface area contributed by atoms with E-state index >= 15 is 0 Å². The fraction of sp³-hybridized carbons (Fsp3) is 0.167. The molecule has 0 saturated carbocycles. The van der Waals surface area contributed by atoms with Crippen LogP contribution in [0.1, 0.15) is 16.1 Å². The molecule has 4 rings (SSSR count). The van der Waals surface area contributed by atoms with Crippen LogP contribution >= 0.6 is 11.8 Å². The lowest BCUT2D eigenvalue weighted by Gasteiger charge is -2.11. The molecule has 9 heteroatoms. The molecule has 168 valence electrons. The summed E-state index contributed by atoms with van der Waals surface area (Å²) in [5, 5.41) is 11.0. The maximum absolute atomic E-state index is 13.0. The molecule has 0 radical (unpaired) electrons. The first-order chi connectivity index (χ1) is 15.9. The Labute approximate surface area is 195 Å². The molecule has 2 aromatic carbocycles. The molecule has 2 N–H and O–H groups in total. The van der Waals surface area contributed by atoms with Crippen molar-refractivity contribution in [2.75, 3.05) is 23.5 Å². The third-order valence-electron chi connectivity index (χ3n) is 4.96. The number of methoxy groups -OCH3 is 1. The number of fused-ring (bicyclic) bond motifs is 1. The van der Waals surface area contributed by atoms with Gasteiger partial charge in [0.15, 0.2) is 5.65 Å². The standard InChI is InChI=1S/C24H23N5O3S/c1-15-20-12-17(13-25-23(20)29(2)28-15)27-24(31)19-9-4-5-10-21(19)33-14-22(30)26-16-7-6-8-18(11-16)32-3/h4-13H,14H2,1-3H3,(H,26,30)(H,27,31). The first kappa shape index (κ1) is 22.3. The van der Waals surface area contributed by atoms with Gasteiger partial charge in [0.25, 0.3) is 5.91 Å². The Bertz CT molecular complexity index is 1330. The van der Waals surface area contributed by atoms with E-state index in [9.17, 15) is 9.59 Å². The zero-order valence-corrected chi connectivity index (χ0v) is 19.3. The Balaban J connectivity index is 1.44. The number of rotatable bonds is 7. The second kappa shape index (κ2) is 9.74. The number of hydrogen-bond acceptors (Lipinski definition) is 6. The molecular weight excluding hydrogens is 438 g/mol. The van der Waals surface area contributed by atoms with Crippen molar-refractivity contribution in [1.82, 2.24) is 14.8 Å². The van der Waals surface area contributed by atoms with E-state index in [1.165, 1.54) is 11.8 Å². The summed E-state index contributed by atoms with van der Waals surface area (Å²) in [5.41, 5.74) is 3.32. The molecule has 0 fully saturated rings. The van der Waals surface area contributed by atoms with E-state index in [1.807, 2.05) is 38.2 Å². The predicted octanol–water partition coefficient (Wildman–Crippen LogP) is 4.27. The van der Waals surface area contributed by atoms with E-state index in [0.29, 0.717) is 27.6 Å². The number of nitrogens with zero attached hydrogens (tertiary/aromatic N) is 3. The normalized spacial score (nSPS) is 10.8. The second-order valence-corrected chi connectivity index (χ2v) is 8.34. The van der Waals surface area contributed by atoms with Crippen LogP contribution in [0.3, 0.4) is 0 Å². The fourth-order valence-corrected chi connectivity index (χ4v) is 4.25. The molecule has 4 aromatic rings. The molecule has 2 aromatic heterocycles. The second-order valence-electron chi connectivity index (χ2n) is 7.32. The van der Waals surface area contributed by atoms with Crippen LogP contribution in [0.5, 0.6) is 5.75 Å². The van der Waals surface area contributed by atoms with E-state index < -0.39 is 0 Å². The van der Waals surface area contributed by atoms with E-state index in [2.05, 4.69) is 20.7 Å². The van der Waals surface area contributed by atoms with Crippen molar-refractivity contribution in [3.05, 3.63) is 72.1 Å². The number of amides is 2. The highest BCUT2D eigenvalue weighted by atomic mass is 32.2. The lowest BCUT2D eigenvalue weighted by Crippen LogP contribution is -2.16. The highest BCUT2D eigenvalue weighted by Crippen LogP contribution is 2.25. The van der Waals surface area contributed by atoms with Gasteiger partial charge in [0.2, 0.25) is 5.91 Å². The number of thioether (sulfide) groups is 1. The van der Waals surface area contributed by atoms with Crippen LogP contribution < -0.4 is 15.4 Å². The van der Waals surface area contributed by atoms with Crippen molar-refractivity contribution in [2.24, 2.45) is 7.05 Å². The zero-order valence-electron chi connectivity index (χ0n) is 18.5. The molecule has 0 bridgehead atoms. The van der Waals surface area contributed by atoms with Gasteiger partial charge in [-0.05, 0) is 37.3 Å². The average Bonchev–Trinajstić information content (AvgIpc) is 3.10. The number of pyridine rings is 1. The zero-order chi connectivity index (χ0) is 23.4. The monoisotopic (exact) mass is 461 g/mol. The van der Waals surface area contributed by atoms with Gasteiger partial charge in [0, 0.05) is 29.1 Å². The van der Waals surface area contributed by atoms with Gasteiger partial charge < -0.3 is 15.4 Å². The molecule has 8 nitrogen and oxygen atoms in total. The van der Waals surface area contributed by atoms with Gasteiger partial charge in [-0.15, -0.1) is 11.8 Å². The Morgan fingerprint density at radius 2 is 1.88 bits per heavy atom. The summed E-state index contributed by atoms with van der Waals surface area (Å²) < 4.78 is 6.89. The lowest BCUT2D eigenvalue weighted by molar-refractivity contribution is -0.113. The molecule has 0 atom stereocenters. The number of benzene rings is 2. The van der Waals surface area contributed by atoms with E-state index in [-0.39, 0.29) is 17.6 Å². The van der Waals surface area contributed by atoms with Crippen LogP contribution in [-0.2, 0) is 11.8 Å². The quantitative estimate of drug-likeness (QED) is 0.399. The van der Waals surface area contributed by atoms with Crippen LogP contribution in [0, 0.1) is 6.92 Å². The molecule has 2 amide bonds. The van der Waals surface area contributed by atoms with Gasteiger partial charge >= 0.3 is 0 Å². The van der Waals surface area contributed by atoms with E-state index in [4.69, 9.17) is 4.74 Å². The molecule has 33 heavy (non-hydrogen) atoms. The van der Waals surface area contributed by atoms with Crippen molar-refractivity contribution in [3.8, 4) is 5.75 Å². The highest BCUT2D eigenvalue weighted by molar-refractivity contribution is 8.00. The van der Waals surface area contributed by atoms with Crippen LogP contribution in [0.2, 0.25) is 0 Å². The summed E-state index contributed by atoms with van der Waals surface area (Å²) in [7, 11) is 3.41. The number of carbonyl (C=O) groups is 2. The summed E-state index contributed by atoms with van der Waals surface area (Å²) >= 11 is 1.30. The number of nitrogens with one attached hydrogen (secondary N) is 2. The van der Waals surface area contributed by atoms with Crippen LogP contribution in [-0.4, -0.2) is 39.4 Å². The molecule has 0 aliphatic rings. The predicted molar refractivity (Wildman–Crippen MR) is 130 cm³/mol. The number of ether oxygens (including phenoxy) is 1. The largest absolute Gasteiger partial charge is 0.497 e. The van der Waals surface area contributed by atoms with Gasteiger partial charge in [-0.3, -0.25) is 14.3 Å². The molecule has 0 aliphatic carbocycles. The Hall–Kier alpha value is -3.85. The summed E-state index contributed by atoms with van der Waals surface area (Å²) in [6.07, 6.45) is 1.61. The molecule has 0 saturated heterocycles. The Kier molecular flexibility index (Phi) is 6.60. The summed E-state index contributed by atoms with van der Waals surface area (Å²) in [5.74, 6) is 0.375. The Morgan fingerprint density at radius 3 is 2.70 bits per heavy atom. The number of anilines is 2.